The highest BCUT2D eigenvalue weighted by Crippen LogP contribution is 2.24. The number of hydrogen-bond donors (Lipinski definition) is 2. The highest BCUT2D eigenvalue weighted by atomic mass is 32.2. The zero-order valence-corrected chi connectivity index (χ0v) is 13.0. The van der Waals surface area contributed by atoms with Crippen LogP contribution in [0.15, 0.2) is 22.5 Å². The van der Waals surface area contributed by atoms with Gasteiger partial charge in [-0.15, -0.1) is 10.2 Å². The molecule has 0 atom stereocenters. The fraction of sp³-hybridized carbons (Fsp3) is 0.308. The largest absolute Gasteiger partial charge is 0.374 e. The molecule has 1 aromatic heterocycles. The molecule has 2 aromatic rings. The van der Waals surface area contributed by atoms with Gasteiger partial charge in [0, 0.05) is 17.9 Å². The number of amides is 1. The van der Waals surface area contributed by atoms with E-state index in [2.05, 4.69) is 15.5 Å². The van der Waals surface area contributed by atoms with Gasteiger partial charge >= 0.3 is 0 Å². The van der Waals surface area contributed by atoms with Gasteiger partial charge in [-0.3, -0.25) is 4.79 Å². The molecule has 0 fully saturated rings. The summed E-state index contributed by atoms with van der Waals surface area (Å²) in [6.45, 7) is 3.97. The first-order valence-electron chi connectivity index (χ1n) is 6.14. The lowest BCUT2D eigenvalue weighted by atomic mass is 10.1. The normalized spacial score (nSPS) is 10.5. The summed E-state index contributed by atoms with van der Waals surface area (Å²) in [5, 5.41) is 11.0. The van der Waals surface area contributed by atoms with E-state index in [1.165, 1.54) is 23.1 Å². The van der Waals surface area contributed by atoms with Crippen molar-refractivity contribution in [2.75, 3.05) is 16.8 Å². The zero-order chi connectivity index (χ0) is 14.5. The van der Waals surface area contributed by atoms with Crippen molar-refractivity contribution in [3.8, 4) is 0 Å². The van der Waals surface area contributed by atoms with E-state index in [0.717, 1.165) is 21.2 Å². The maximum atomic E-state index is 11.9. The fourth-order valence-electron chi connectivity index (χ4n) is 1.72. The Kier molecular flexibility index (Phi) is 4.97. The van der Waals surface area contributed by atoms with Crippen molar-refractivity contribution >= 4 is 39.8 Å². The van der Waals surface area contributed by atoms with Crippen molar-refractivity contribution in [3.05, 3.63) is 29.3 Å². The molecule has 0 bridgehead atoms. The predicted octanol–water partition coefficient (Wildman–Crippen LogP) is 2.86. The minimum atomic E-state index is 0.00684. The minimum Gasteiger partial charge on any atom is -0.374 e. The number of nitrogens with zero attached hydrogens (tertiary/aromatic N) is 2. The molecule has 1 amide bonds. The first kappa shape index (κ1) is 14.8. The molecular weight excluding hydrogens is 292 g/mol. The molecule has 0 aliphatic heterocycles. The van der Waals surface area contributed by atoms with Crippen LogP contribution in [0.5, 0.6) is 0 Å². The van der Waals surface area contributed by atoms with E-state index in [1.54, 1.807) is 0 Å². The first-order chi connectivity index (χ1) is 9.56. The number of para-hydroxylation sites is 1. The van der Waals surface area contributed by atoms with Crippen LogP contribution in [-0.2, 0) is 4.79 Å². The molecule has 7 heteroatoms. The molecule has 0 spiro atoms. The number of nitrogens with one attached hydrogen (secondary N) is 1. The standard InChI is InChI=1S/C13H16N4OS2/c1-8-4-3-5-9(2)11(8)15-10(18)6-7-19-13-17-16-12(14)20-13/h3-5H,6-7H2,1-2H3,(H2,14,16)(H,15,18). The molecule has 1 aromatic carbocycles. The number of carbonyl (C=O) groups is 1. The Balaban J connectivity index is 1.84. The molecule has 1 heterocycles. The lowest BCUT2D eigenvalue weighted by Gasteiger charge is -2.10. The zero-order valence-electron chi connectivity index (χ0n) is 11.3. The summed E-state index contributed by atoms with van der Waals surface area (Å²) in [5.41, 5.74) is 8.55. The number of thioether (sulfide) groups is 1. The van der Waals surface area contributed by atoms with Crippen LogP contribution < -0.4 is 11.1 Å². The molecule has 5 nitrogen and oxygen atoms in total. The topological polar surface area (TPSA) is 80.9 Å². The summed E-state index contributed by atoms with van der Waals surface area (Å²) >= 11 is 2.83. The second-order valence-electron chi connectivity index (χ2n) is 4.32. The predicted molar refractivity (Wildman–Crippen MR) is 84.2 cm³/mol. The maximum Gasteiger partial charge on any atom is 0.225 e. The van der Waals surface area contributed by atoms with Crippen LogP contribution >= 0.6 is 23.1 Å². The average Bonchev–Trinajstić information content (AvgIpc) is 2.80. The summed E-state index contributed by atoms with van der Waals surface area (Å²) in [4.78, 5) is 11.9. The Morgan fingerprint density at radius 2 is 2.05 bits per heavy atom. The molecule has 2 rings (SSSR count). The number of nitrogens with two attached hydrogens (primary N) is 1. The van der Waals surface area contributed by atoms with Gasteiger partial charge in [-0.1, -0.05) is 41.3 Å². The van der Waals surface area contributed by atoms with Crippen molar-refractivity contribution < 1.29 is 4.79 Å². The van der Waals surface area contributed by atoms with Crippen LogP contribution in [0.1, 0.15) is 17.5 Å². The Labute approximate surface area is 126 Å². The van der Waals surface area contributed by atoms with Gasteiger partial charge in [0.2, 0.25) is 11.0 Å². The van der Waals surface area contributed by atoms with Crippen LogP contribution in [0, 0.1) is 13.8 Å². The number of nitrogen functional groups attached to an aromatic ring is 1. The summed E-state index contributed by atoms with van der Waals surface area (Å²) in [6.07, 6.45) is 0.428. The van der Waals surface area contributed by atoms with E-state index in [1.807, 2.05) is 32.0 Å². The Hall–Kier alpha value is -1.60. The number of anilines is 2. The second-order valence-corrected chi connectivity index (χ2v) is 6.67. The van der Waals surface area contributed by atoms with Crippen molar-refractivity contribution in [2.24, 2.45) is 0 Å². The maximum absolute atomic E-state index is 11.9. The SMILES string of the molecule is Cc1cccc(C)c1NC(=O)CCSc1nnc(N)s1. The molecule has 0 saturated heterocycles. The number of aromatic nitrogens is 2. The summed E-state index contributed by atoms with van der Waals surface area (Å²) < 4.78 is 0.794. The van der Waals surface area contributed by atoms with Crippen molar-refractivity contribution in [1.82, 2.24) is 10.2 Å². The number of carbonyl (C=O) groups excluding carboxylic acids is 1. The van der Waals surface area contributed by atoms with Gasteiger partial charge in [-0.2, -0.15) is 0 Å². The van der Waals surface area contributed by atoms with E-state index in [4.69, 9.17) is 5.73 Å². The van der Waals surface area contributed by atoms with E-state index in [0.29, 0.717) is 17.3 Å². The molecule has 0 saturated carbocycles. The number of aryl methyl sites for hydroxylation is 2. The van der Waals surface area contributed by atoms with E-state index < -0.39 is 0 Å². The summed E-state index contributed by atoms with van der Waals surface area (Å²) in [6, 6.07) is 5.96. The Morgan fingerprint density at radius 1 is 1.35 bits per heavy atom. The van der Waals surface area contributed by atoms with Crippen LogP contribution in [0.4, 0.5) is 10.8 Å². The molecular formula is C13H16N4OS2. The molecule has 0 unspecified atom stereocenters. The monoisotopic (exact) mass is 308 g/mol. The molecule has 0 radical (unpaired) electrons. The number of benzene rings is 1. The molecule has 20 heavy (non-hydrogen) atoms. The van der Waals surface area contributed by atoms with Gasteiger partial charge in [0.15, 0.2) is 4.34 Å². The van der Waals surface area contributed by atoms with Gasteiger partial charge in [0.25, 0.3) is 0 Å². The third-order valence-corrected chi connectivity index (χ3v) is 4.61. The fourth-order valence-corrected chi connectivity index (χ4v) is 3.37. The highest BCUT2D eigenvalue weighted by molar-refractivity contribution is 8.01. The van der Waals surface area contributed by atoms with Gasteiger partial charge in [0.05, 0.1) is 0 Å². The quantitative estimate of drug-likeness (QED) is 0.830. The van der Waals surface area contributed by atoms with Crippen LogP contribution in [-0.4, -0.2) is 21.9 Å². The number of rotatable bonds is 5. The minimum absolute atomic E-state index is 0.00684. The third-order valence-electron chi connectivity index (χ3n) is 2.72. The van der Waals surface area contributed by atoms with E-state index in [9.17, 15) is 4.79 Å². The van der Waals surface area contributed by atoms with Crippen molar-refractivity contribution in [1.29, 1.82) is 0 Å². The van der Waals surface area contributed by atoms with E-state index >= 15 is 0 Å². The van der Waals surface area contributed by atoms with Gasteiger partial charge in [-0.05, 0) is 25.0 Å². The van der Waals surface area contributed by atoms with Gasteiger partial charge < -0.3 is 11.1 Å². The average molecular weight is 308 g/mol. The van der Waals surface area contributed by atoms with Crippen molar-refractivity contribution in [3.63, 3.8) is 0 Å². The third kappa shape index (κ3) is 3.94. The highest BCUT2D eigenvalue weighted by Gasteiger charge is 2.08. The lowest BCUT2D eigenvalue weighted by molar-refractivity contribution is -0.115. The number of hydrogen-bond acceptors (Lipinski definition) is 6. The Bertz CT molecular complexity index is 592. The van der Waals surface area contributed by atoms with E-state index in [-0.39, 0.29) is 5.91 Å². The molecule has 106 valence electrons. The molecule has 0 aliphatic rings. The lowest BCUT2D eigenvalue weighted by Crippen LogP contribution is -2.14. The smallest absolute Gasteiger partial charge is 0.225 e. The Morgan fingerprint density at radius 3 is 2.65 bits per heavy atom. The molecule has 3 N–H and O–H groups in total. The second kappa shape index (κ2) is 6.71. The van der Waals surface area contributed by atoms with Crippen molar-refractivity contribution in [2.45, 2.75) is 24.6 Å². The van der Waals surface area contributed by atoms with Crippen LogP contribution in [0.25, 0.3) is 0 Å². The first-order valence-corrected chi connectivity index (χ1v) is 7.94. The molecule has 0 aliphatic carbocycles. The summed E-state index contributed by atoms with van der Waals surface area (Å²) in [5.74, 6) is 0.665. The van der Waals surface area contributed by atoms with Gasteiger partial charge in [0.1, 0.15) is 0 Å². The summed E-state index contributed by atoms with van der Waals surface area (Å²) in [7, 11) is 0. The van der Waals surface area contributed by atoms with Crippen LogP contribution in [0.3, 0.4) is 0 Å². The van der Waals surface area contributed by atoms with Crippen LogP contribution in [0.2, 0.25) is 0 Å². The van der Waals surface area contributed by atoms with Gasteiger partial charge in [-0.25, -0.2) is 0 Å².